The highest BCUT2D eigenvalue weighted by Crippen LogP contribution is 2.28. The summed E-state index contributed by atoms with van der Waals surface area (Å²) >= 11 is 0. The van der Waals surface area contributed by atoms with Gasteiger partial charge in [0.15, 0.2) is 5.82 Å². The van der Waals surface area contributed by atoms with E-state index in [2.05, 4.69) is 68.5 Å². The number of anilines is 2. The van der Waals surface area contributed by atoms with Crippen molar-refractivity contribution in [2.45, 2.75) is 6.42 Å². The number of fused-ring (bicyclic) bond motifs is 1. The number of nitrogens with zero attached hydrogens (tertiary/aromatic N) is 4. The molecule has 0 aliphatic carbocycles. The van der Waals surface area contributed by atoms with Crippen LogP contribution in [0.5, 0.6) is 0 Å². The summed E-state index contributed by atoms with van der Waals surface area (Å²) in [5.41, 5.74) is 4.11. The zero-order valence-corrected chi connectivity index (χ0v) is 17.3. The molecule has 5 rings (SSSR count). The molecule has 5 nitrogen and oxygen atoms in total. The Hall–Kier alpha value is -3.73. The fourth-order valence-corrected chi connectivity index (χ4v) is 4.24. The van der Waals surface area contributed by atoms with Crippen molar-refractivity contribution in [1.29, 1.82) is 0 Å². The van der Waals surface area contributed by atoms with Crippen LogP contribution in [0.15, 0.2) is 78.9 Å². The fraction of sp³-hybridized carbons (Fsp3) is 0.192. The second kappa shape index (κ2) is 8.56. The standard InChI is InChI=1S/C26H24N4O/c31-19-21-10-12-22(13-11-21)29-14-16-30(17-15-29)26-24-9-5-4-8-23(24)25(27-28-26)18-20-6-2-1-3-7-20/h1-13,19H,14-18H2. The van der Waals surface area contributed by atoms with E-state index in [1.807, 2.05) is 30.3 Å². The molecule has 0 bridgehead atoms. The van der Waals surface area contributed by atoms with Gasteiger partial charge in [-0.25, -0.2) is 0 Å². The highest BCUT2D eigenvalue weighted by atomic mass is 16.1. The molecule has 31 heavy (non-hydrogen) atoms. The summed E-state index contributed by atoms with van der Waals surface area (Å²) in [4.78, 5) is 15.6. The molecule has 1 saturated heterocycles. The Morgan fingerprint density at radius 1 is 0.710 bits per heavy atom. The summed E-state index contributed by atoms with van der Waals surface area (Å²) in [5.74, 6) is 0.961. The number of piperazine rings is 1. The van der Waals surface area contributed by atoms with Gasteiger partial charge < -0.3 is 9.80 Å². The second-order valence-corrected chi connectivity index (χ2v) is 7.86. The molecule has 4 aromatic rings. The average molecular weight is 409 g/mol. The van der Waals surface area contributed by atoms with Crippen LogP contribution in [0, 0.1) is 0 Å². The van der Waals surface area contributed by atoms with E-state index in [-0.39, 0.29) is 0 Å². The number of carbonyl (C=O) groups excluding carboxylic acids is 1. The summed E-state index contributed by atoms with van der Waals surface area (Å²) in [6.07, 6.45) is 1.66. The second-order valence-electron chi connectivity index (χ2n) is 7.86. The van der Waals surface area contributed by atoms with Crippen molar-refractivity contribution in [3.05, 3.63) is 95.7 Å². The molecule has 0 saturated carbocycles. The Labute approximate surface area is 182 Å². The van der Waals surface area contributed by atoms with Gasteiger partial charge >= 0.3 is 0 Å². The van der Waals surface area contributed by atoms with E-state index in [1.165, 1.54) is 10.9 Å². The van der Waals surface area contributed by atoms with Crippen molar-refractivity contribution >= 4 is 28.6 Å². The van der Waals surface area contributed by atoms with Crippen molar-refractivity contribution in [3.8, 4) is 0 Å². The first-order valence-electron chi connectivity index (χ1n) is 10.7. The molecule has 3 aromatic carbocycles. The van der Waals surface area contributed by atoms with Crippen LogP contribution >= 0.6 is 0 Å². The number of aromatic nitrogens is 2. The highest BCUT2D eigenvalue weighted by molar-refractivity contribution is 5.93. The SMILES string of the molecule is O=Cc1ccc(N2CCN(c3nnc(Cc4ccccc4)c4ccccc34)CC2)cc1. The predicted molar refractivity (Wildman–Crippen MR) is 125 cm³/mol. The normalized spacial score (nSPS) is 14.1. The van der Waals surface area contributed by atoms with Gasteiger partial charge in [0.2, 0.25) is 0 Å². The van der Waals surface area contributed by atoms with Crippen molar-refractivity contribution in [2.24, 2.45) is 0 Å². The van der Waals surface area contributed by atoms with Gasteiger partial charge in [-0.15, -0.1) is 5.10 Å². The molecule has 0 N–H and O–H groups in total. The smallest absolute Gasteiger partial charge is 0.159 e. The highest BCUT2D eigenvalue weighted by Gasteiger charge is 2.21. The molecule has 0 radical (unpaired) electrons. The van der Waals surface area contributed by atoms with E-state index in [1.54, 1.807) is 0 Å². The van der Waals surface area contributed by atoms with E-state index in [0.29, 0.717) is 5.56 Å². The third-order valence-corrected chi connectivity index (χ3v) is 5.93. The fourth-order valence-electron chi connectivity index (χ4n) is 4.24. The zero-order chi connectivity index (χ0) is 21.0. The maximum absolute atomic E-state index is 10.9. The van der Waals surface area contributed by atoms with Gasteiger partial charge in [0, 0.05) is 54.6 Å². The van der Waals surface area contributed by atoms with Crippen LogP contribution in [0.2, 0.25) is 0 Å². The first-order chi connectivity index (χ1) is 15.3. The third kappa shape index (κ3) is 3.99. The summed E-state index contributed by atoms with van der Waals surface area (Å²) in [5, 5.41) is 11.6. The van der Waals surface area contributed by atoms with Crippen LogP contribution in [0.25, 0.3) is 10.8 Å². The predicted octanol–water partition coefficient (Wildman–Crippen LogP) is 4.36. The van der Waals surface area contributed by atoms with Gasteiger partial charge in [0.25, 0.3) is 0 Å². The summed E-state index contributed by atoms with van der Waals surface area (Å²) in [6, 6.07) is 26.7. The molecular weight excluding hydrogens is 384 g/mol. The number of hydrogen-bond acceptors (Lipinski definition) is 5. The van der Waals surface area contributed by atoms with E-state index in [0.717, 1.165) is 61.5 Å². The van der Waals surface area contributed by atoms with Gasteiger partial charge in [-0.2, -0.15) is 5.10 Å². The van der Waals surface area contributed by atoms with Gasteiger partial charge in [-0.3, -0.25) is 4.79 Å². The molecule has 1 fully saturated rings. The van der Waals surface area contributed by atoms with Crippen LogP contribution < -0.4 is 9.80 Å². The van der Waals surface area contributed by atoms with Gasteiger partial charge in [-0.1, -0.05) is 54.6 Å². The monoisotopic (exact) mass is 408 g/mol. The molecule has 0 atom stereocenters. The maximum Gasteiger partial charge on any atom is 0.159 e. The van der Waals surface area contributed by atoms with Crippen LogP contribution in [-0.2, 0) is 6.42 Å². The Kier molecular flexibility index (Phi) is 5.31. The topological polar surface area (TPSA) is 49.3 Å². The lowest BCUT2D eigenvalue weighted by Crippen LogP contribution is -2.47. The van der Waals surface area contributed by atoms with Gasteiger partial charge in [-0.05, 0) is 29.8 Å². The average Bonchev–Trinajstić information content (AvgIpc) is 2.85. The minimum atomic E-state index is 0.708. The van der Waals surface area contributed by atoms with Crippen LogP contribution in [0.3, 0.4) is 0 Å². The minimum absolute atomic E-state index is 0.708. The first kappa shape index (κ1) is 19.2. The third-order valence-electron chi connectivity index (χ3n) is 5.93. The van der Waals surface area contributed by atoms with Crippen molar-refractivity contribution in [2.75, 3.05) is 36.0 Å². The van der Waals surface area contributed by atoms with E-state index in [4.69, 9.17) is 0 Å². The van der Waals surface area contributed by atoms with Gasteiger partial charge in [0.05, 0.1) is 5.69 Å². The van der Waals surface area contributed by atoms with Crippen LogP contribution in [-0.4, -0.2) is 42.7 Å². The zero-order valence-electron chi connectivity index (χ0n) is 17.3. The molecule has 5 heteroatoms. The van der Waals surface area contributed by atoms with E-state index >= 15 is 0 Å². The number of benzene rings is 3. The molecule has 1 aromatic heterocycles. The molecule has 154 valence electrons. The Morgan fingerprint density at radius 3 is 2.06 bits per heavy atom. The quantitative estimate of drug-likeness (QED) is 0.459. The Bertz CT molecular complexity index is 1180. The largest absolute Gasteiger partial charge is 0.368 e. The number of aldehydes is 1. The Balaban J connectivity index is 1.37. The lowest BCUT2D eigenvalue weighted by atomic mass is 10.0. The minimum Gasteiger partial charge on any atom is -0.368 e. The van der Waals surface area contributed by atoms with E-state index < -0.39 is 0 Å². The molecule has 0 amide bonds. The summed E-state index contributed by atoms with van der Waals surface area (Å²) < 4.78 is 0. The molecule has 1 aliphatic heterocycles. The van der Waals surface area contributed by atoms with Crippen LogP contribution in [0.4, 0.5) is 11.5 Å². The lowest BCUT2D eigenvalue weighted by Gasteiger charge is -2.37. The Morgan fingerprint density at radius 2 is 1.35 bits per heavy atom. The lowest BCUT2D eigenvalue weighted by molar-refractivity contribution is 0.112. The number of rotatable bonds is 5. The van der Waals surface area contributed by atoms with Gasteiger partial charge in [0.1, 0.15) is 6.29 Å². The van der Waals surface area contributed by atoms with E-state index in [9.17, 15) is 4.79 Å². The molecule has 0 spiro atoms. The molecule has 1 aliphatic rings. The number of carbonyl (C=O) groups is 1. The molecule has 2 heterocycles. The summed E-state index contributed by atoms with van der Waals surface area (Å²) in [6.45, 7) is 3.57. The molecular formula is C26H24N4O. The van der Waals surface area contributed by atoms with Crippen molar-refractivity contribution in [1.82, 2.24) is 10.2 Å². The van der Waals surface area contributed by atoms with Crippen LogP contribution in [0.1, 0.15) is 21.6 Å². The van der Waals surface area contributed by atoms with Crippen molar-refractivity contribution < 1.29 is 4.79 Å². The maximum atomic E-state index is 10.9. The molecule has 0 unspecified atom stereocenters. The number of hydrogen-bond donors (Lipinski definition) is 0. The summed E-state index contributed by atoms with van der Waals surface area (Å²) in [7, 11) is 0. The van der Waals surface area contributed by atoms with Crippen molar-refractivity contribution in [3.63, 3.8) is 0 Å². The first-order valence-corrected chi connectivity index (χ1v) is 10.7.